The van der Waals surface area contributed by atoms with Crippen molar-refractivity contribution >= 4 is 24.0 Å². The summed E-state index contributed by atoms with van der Waals surface area (Å²) >= 11 is 0. The maximum absolute atomic E-state index is 12.1. The van der Waals surface area contributed by atoms with Gasteiger partial charge in [-0.3, -0.25) is 24.3 Å². The Hall–Kier alpha value is -1.93. The maximum atomic E-state index is 12.1. The lowest BCUT2D eigenvalue weighted by molar-refractivity contribution is -0.385. The van der Waals surface area contributed by atoms with E-state index in [4.69, 9.17) is 5.73 Å². The summed E-state index contributed by atoms with van der Waals surface area (Å²) in [6.45, 7) is 0.288. The van der Waals surface area contributed by atoms with Crippen LogP contribution in [0.1, 0.15) is 25.7 Å². The number of hydrogen-bond acceptors (Lipinski definition) is 5. The van der Waals surface area contributed by atoms with Gasteiger partial charge in [0.25, 0.3) is 11.2 Å². The number of nitrogens with zero attached hydrogens (tertiary/aromatic N) is 2. The van der Waals surface area contributed by atoms with Crippen molar-refractivity contribution < 1.29 is 9.72 Å². The molecule has 1 heterocycles. The Morgan fingerprint density at radius 2 is 2.09 bits per heavy atom. The van der Waals surface area contributed by atoms with Crippen LogP contribution in [-0.4, -0.2) is 28.0 Å². The molecule has 0 bridgehead atoms. The number of carbonyl (C=O) groups excluding carboxylic acids is 1. The minimum atomic E-state index is -0.598. The van der Waals surface area contributed by atoms with E-state index in [2.05, 4.69) is 5.32 Å². The molecular formula is C14H21ClN4O4. The molecule has 1 aromatic rings. The van der Waals surface area contributed by atoms with E-state index in [1.54, 1.807) is 0 Å². The third kappa shape index (κ3) is 5.04. The number of pyridine rings is 1. The molecular weight excluding hydrogens is 324 g/mol. The summed E-state index contributed by atoms with van der Waals surface area (Å²) in [5, 5.41) is 13.6. The van der Waals surface area contributed by atoms with Crippen molar-refractivity contribution in [1.82, 2.24) is 9.88 Å². The van der Waals surface area contributed by atoms with Crippen molar-refractivity contribution in [2.24, 2.45) is 11.7 Å². The highest BCUT2D eigenvalue weighted by molar-refractivity contribution is 5.85. The van der Waals surface area contributed by atoms with Crippen LogP contribution in [0.3, 0.4) is 0 Å². The van der Waals surface area contributed by atoms with Crippen LogP contribution in [0.5, 0.6) is 0 Å². The minimum Gasteiger partial charge on any atom is -0.351 e. The molecule has 1 fully saturated rings. The quantitative estimate of drug-likeness (QED) is 0.605. The third-order valence-corrected chi connectivity index (χ3v) is 4.05. The highest BCUT2D eigenvalue weighted by Gasteiger charge is 2.25. The van der Waals surface area contributed by atoms with Gasteiger partial charge in [-0.2, -0.15) is 0 Å². The molecule has 0 aromatic carbocycles. The van der Waals surface area contributed by atoms with Crippen LogP contribution in [0, 0.1) is 16.0 Å². The van der Waals surface area contributed by atoms with Crippen LogP contribution >= 0.6 is 12.4 Å². The molecule has 0 radical (unpaired) electrons. The molecule has 2 rings (SSSR count). The number of nitro groups is 1. The highest BCUT2D eigenvalue weighted by Crippen LogP contribution is 2.23. The second-order valence-corrected chi connectivity index (χ2v) is 5.56. The summed E-state index contributed by atoms with van der Waals surface area (Å²) in [6.07, 6.45) is 5.09. The number of nitrogens with one attached hydrogen (secondary N) is 1. The normalized spacial score (nSPS) is 20.4. The summed E-state index contributed by atoms with van der Waals surface area (Å²) in [6, 6.07) is 2.23. The highest BCUT2D eigenvalue weighted by atomic mass is 35.5. The Labute approximate surface area is 139 Å². The summed E-state index contributed by atoms with van der Waals surface area (Å²) in [5.41, 5.74) is 5.06. The molecule has 23 heavy (non-hydrogen) atoms. The predicted molar refractivity (Wildman–Crippen MR) is 87.5 cm³/mol. The first-order valence-corrected chi connectivity index (χ1v) is 7.35. The van der Waals surface area contributed by atoms with Crippen molar-refractivity contribution in [1.29, 1.82) is 0 Å². The molecule has 8 nitrogen and oxygen atoms in total. The van der Waals surface area contributed by atoms with Gasteiger partial charge in [0.2, 0.25) is 5.91 Å². The smallest absolute Gasteiger partial charge is 0.285 e. The Morgan fingerprint density at radius 1 is 1.39 bits per heavy atom. The molecule has 1 aliphatic rings. The van der Waals surface area contributed by atoms with Crippen LogP contribution in [0.2, 0.25) is 0 Å². The number of aromatic nitrogens is 1. The van der Waals surface area contributed by atoms with E-state index in [0.29, 0.717) is 6.54 Å². The van der Waals surface area contributed by atoms with Gasteiger partial charge in [0.15, 0.2) is 0 Å². The molecule has 2 unspecified atom stereocenters. The zero-order valence-electron chi connectivity index (χ0n) is 12.6. The Bertz CT molecular complexity index is 619. The lowest BCUT2D eigenvalue weighted by Crippen LogP contribution is -2.46. The monoisotopic (exact) mass is 344 g/mol. The minimum absolute atomic E-state index is 0. The first kappa shape index (κ1) is 19.1. The molecule has 1 aliphatic carbocycles. The fourth-order valence-electron chi connectivity index (χ4n) is 2.84. The van der Waals surface area contributed by atoms with Crippen molar-refractivity contribution in [3.8, 4) is 0 Å². The zero-order valence-corrected chi connectivity index (χ0v) is 13.5. The maximum Gasteiger partial charge on any atom is 0.285 e. The molecule has 2 atom stereocenters. The molecule has 0 aliphatic heterocycles. The number of carbonyl (C=O) groups is 1. The van der Waals surface area contributed by atoms with Crippen LogP contribution in [0.4, 0.5) is 5.69 Å². The average molecular weight is 345 g/mol. The van der Waals surface area contributed by atoms with E-state index in [-0.39, 0.29) is 42.5 Å². The standard InChI is InChI=1S/C14H20N4O4.ClH/c15-7-10-3-1-2-4-12(10)16-13(19)9-17-8-11(18(21)22)5-6-14(17)20;/h5-6,8,10,12H,1-4,7,9,15H2,(H,16,19);1H. The van der Waals surface area contributed by atoms with Crippen LogP contribution < -0.4 is 16.6 Å². The van der Waals surface area contributed by atoms with E-state index >= 15 is 0 Å². The lowest BCUT2D eigenvalue weighted by Gasteiger charge is -2.31. The van der Waals surface area contributed by atoms with Crippen molar-refractivity contribution in [2.75, 3.05) is 6.54 Å². The summed E-state index contributed by atoms with van der Waals surface area (Å²) in [7, 11) is 0. The molecule has 128 valence electrons. The number of halogens is 1. The van der Waals surface area contributed by atoms with E-state index in [0.717, 1.165) is 48.6 Å². The zero-order chi connectivity index (χ0) is 16.1. The molecule has 0 saturated heterocycles. The number of nitrogens with two attached hydrogens (primary N) is 1. The van der Waals surface area contributed by atoms with Crippen molar-refractivity contribution in [3.63, 3.8) is 0 Å². The number of rotatable bonds is 5. The lowest BCUT2D eigenvalue weighted by atomic mass is 9.84. The van der Waals surface area contributed by atoms with E-state index in [1.807, 2.05) is 0 Å². The van der Waals surface area contributed by atoms with Crippen LogP contribution in [-0.2, 0) is 11.3 Å². The Kier molecular flexibility index (Phi) is 7.18. The van der Waals surface area contributed by atoms with Gasteiger partial charge < -0.3 is 11.1 Å². The van der Waals surface area contributed by atoms with E-state index in [9.17, 15) is 19.7 Å². The van der Waals surface area contributed by atoms with Gasteiger partial charge in [-0.1, -0.05) is 12.8 Å². The van der Waals surface area contributed by atoms with Gasteiger partial charge in [-0.05, 0) is 25.3 Å². The largest absolute Gasteiger partial charge is 0.351 e. The fraction of sp³-hybridized carbons (Fsp3) is 0.571. The van der Waals surface area contributed by atoms with Gasteiger partial charge in [0.1, 0.15) is 6.54 Å². The molecule has 1 saturated carbocycles. The Morgan fingerprint density at radius 3 is 2.74 bits per heavy atom. The topological polar surface area (TPSA) is 120 Å². The van der Waals surface area contributed by atoms with Gasteiger partial charge in [0, 0.05) is 18.2 Å². The van der Waals surface area contributed by atoms with Gasteiger partial charge >= 0.3 is 0 Å². The van der Waals surface area contributed by atoms with Crippen LogP contribution in [0.25, 0.3) is 0 Å². The number of hydrogen-bond donors (Lipinski definition) is 2. The summed E-state index contributed by atoms with van der Waals surface area (Å²) in [4.78, 5) is 33.9. The van der Waals surface area contributed by atoms with Gasteiger partial charge in [-0.25, -0.2) is 0 Å². The van der Waals surface area contributed by atoms with Crippen molar-refractivity contribution in [3.05, 3.63) is 38.8 Å². The summed E-state index contributed by atoms with van der Waals surface area (Å²) in [5.74, 6) is -0.0764. The SMILES string of the molecule is Cl.NCC1CCCCC1NC(=O)Cn1cc([N+](=O)[O-])ccc1=O. The van der Waals surface area contributed by atoms with Crippen molar-refractivity contribution in [2.45, 2.75) is 38.3 Å². The second-order valence-electron chi connectivity index (χ2n) is 5.56. The van der Waals surface area contributed by atoms with Gasteiger partial charge in [0.05, 0.1) is 11.1 Å². The predicted octanol–water partition coefficient (Wildman–Crippen LogP) is 0.812. The van der Waals surface area contributed by atoms with E-state index < -0.39 is 10.5 Å². The first-order valence-electron chi connectivity index (χ1n) is 7.35. The molecule has 9 heteroatoms. The van der Waals surface area contributed by atoms with Crippen LogP contribution in [0.15, 0.2) is 23.1 Å². The third-order valence-electron chi connectivity index (χ3n) is 4.05. The average Bonchev–Trinajstić information content (AvgIpc) is 2.49. The molecule has 1 aromatic heterocycles. The molecule has 3 N–H and O–H groups in total. The molecule has 0 spiro atoms. The first-order chi connectivity index (χ1) is 10.5. The number of amides is 1. The molecule has 1 amide bonds. The van der Waals surface area contributed by atoms with Gasteiger partial charge in [-0.15, -0.1) is 12.4 Å². The summed E-state index contributed by atoms with van der Waals surface area (Å²) < 4.78 is 1.05. The fourth-order valence-corrected chi connectivity index (χ4v) is 2.84. The second kappa shape index (κ2) is 8.64. The van der Waals surface area contributed by atoms with E-state index in [1.165, 1.54) is 0 Å². The Balaban J connectivity index is 0.00000264.